The van der Waals surface area contributed by atoms with E-state index in [-0.39, 0.29) is 11.2 Å². The molecule has 2 N–H and O–H groups in total. The molecule has 204 valence electrons. The summed E-state index contributed by atoms with van der Waals surface area (Å²) in [4.78, 5) is 15.8. The van der Waals surface area contributed by atoms with E-state index in [1.54, 1.807) is 12.1 Å². The molecule has 5 rings (SSSR count). The van der Waals surface area contributed by atoms with Crippen LogP contribution in [0.3, 0.4) is 0 Å². The van der Waals surface area contributed by atoms with Crippen molar-refractivity contribution in [2.45, 2.75) is 60.0 Å². The molecular weight excluding hydrogens is 518 g/mol. The number of nitrogens with zero attached hydrogens (tertiary/aromatic N) is 2. The highest BCUT2D eigenvalue weighted by atomic mass is 35.5. The van der Waals surface area contributed by atoms with Gasteiger partial charge in [-0.25, -0.2) is 0 Å². The molecule has 40 heavy (non-hydrogen) atoms. The maximum Gasteiger partial charge on any atom is 0.162 e. The van der Waals surface area contributed by atoms with Crippen molar-refractivity contribution in [2.24, 2.45) is 11.1 Å². The molecule has 3 aromatic carbocycles. The predicted molar refractivity (Wildman–Crippen MR) is 160 cm³/mol. The van der Waals surface area contributed by atoms with Gasteiger partial charge in [0.25, 0.3) is 0 Å². The number of ketones is 1. The highest BCUT2D eigenvalue weighted by molar-refractivity contribution is 6.30. The van der Waals surface area contributed by atoms with E-state index >= 15 is 0 Å². The van der Waals surface area contributed by atoms with Gasteiger partial charge in [-0.1, -0.05) is 60.8 Å². The number of rotatable bonds is 5. The van der Waals surface area contributed by atoms with Crippen LogP contribution in [0, 0.1) is 37.5 Å². The third kappa shape index (κ3) is 5.12. The molecule has 5 nitrogen and oxygen atoms in total. The normalized spacial score (nSPS) is 18.5. The van der Waals surface area contributed by atoms with E-state index in [0.29, 0.717) is 41.4 Å². The van der Waals surface area contributed by atoms with Gasteiger partial charge in [0.1, 0.15) is 18.2 Å². The molecular formula is C34H34ClN3O2. The summed E-state index contributed by atoms with van der Waals surface area (Å²) in [5.74, 6) is 0.636. The smallest absolute Gasteiger partial charge is 0.162 e. The van der Waals surface area contributed by atoms with Crippen LogP contribution in [-0.2, 0) is 11.4 Å². The zero-order valence-electron chi connectivity index (χ0n) is 23.6. The number of nitriles is 1. The number of allylic oxidation sites excluding steroid dienone is 3. The third-order valence-electron chi connectivity index (χ3n) is 7.89. The topological polar surface area (TPSA) is 79.3 Å². The molecule has 1 aliphatic heterocycles. The molecule has 0 spiro atoms. The summed E-state index contributed by atoms with van der Waals surface area (Å²) < 4.78 is 6.14. The Morgan fingerprint density at radius 1 is 1.02 bits per heavy atom. The first-order valence-corrected chi connectivity index (χ1v) is 13.9. The lowest BCUT2D eigenvalue weighted by molar-refractivity contribution is -0.118. The Balaban J connectivity index is 1.66. The second kappa shape index (κ2) is 10.5. The molecule has 0 saturated carbocycles. The minimum atomic E-state index is -0.551. The second-order valence-electron chi connectivity index (χ2n) is 11.7. The van der Waals surface area contributed by atoms with Gasteiger partial charge in [-0.05, 0) is 85.7 Å². The Labute approximate surface area is 241 Å². The zero-order valence-corrected chi connectivity index (χ0v) is 24.4. The first-order chi connectivity index (χ1) is 19.0. The van der Waals surface area contributed by atoms with Gasteiger partial charge in [0.15, 0.2) is 5.78 Å². The quantitative estimate of drug-likeness (QED) is 0.350. The first-order valence-electron chi connectivity index (χ1n) is 13.5. The summed E-state index contributed by atoms with van der Waals surface area (Å²) in [5.41, 5.74) is 14.4. The minimum Gasteiger partial charge on any atom is -0.489 e. The average molecular weight is 552 g/mol. The van der Waals surface area contributed by atoms with Crippen molar-refractivity contribution in [1.82, 2.24) is 0 Å². The number of nitrogens with two attached hydrogens (primary N) is 1. The third-order valence-corrected chi connectivity index (χ3v) is 8.14. The monoisotopic (exact) mass is 551 g/mol. The maximum atomic E-state index is 13.9. The first kappa shape index (κ1) is 27.6. The molecule has 1 aliphatic carbocycles. The van der Waals surface area contributed by atoms with Gasteiger partial charge in [-0.15, -0.1) is 0 Å². The van der Waals surface area contributed by atoms with Gasteiger partial charge in [-0.2, -0.15) is 5.26 Å². The molecule has 0 aromatic heterocycles. The number of aryl methyl sites for hydroxylation is 2. The van der Waals surface area contributed by atoms with Crippen molar-refractivity contribution in [1.29, 1.82) is 5.26 Å². The summed E-state index contributed by atoms with van der Waals surface area (Å²) >= 11 is 6.18. The number of hydrogen-bond acceptors (Lipinski definition) is 5. The Morgan fingerprint density at radius 2 is 1.70 bits per heavy atom. The van der Waals surface area contributed by atoms with E-state index in [0.717, 1.165) is 39.4 Å². The summed E-state index contributed by atoms with van der Waals surface area (Å²) in [5, 5.41) is 11.1. The van der Waals surface area contributed by atoms with Crippen LogP contribution in [0.15, 0.2) is 83.3 Å². The van der Waals surface area contributed by atoms with Crippen LogP contribution in [0.5, 0.6) is 5.75 Å². The van der Waals surface area contributed by atoms with Crippen molar-refractivity contribution < 1.29 is 9.53 Å². The van der Waals surface area contributed by atoms with Crippen molar-refractivity contribution in [3.8, 4) is 11.8 Å². The Kier molecular flexibility index (Phi) is 7.25. The molecule has 0 amide bonds. The van der Waals surface area contributed by atoms with Gasteiger partial charge in [0.2, 0.25) is 0 Å². The number of carbonyl (C=O) groups excluding carboxylic acids is 1. The number of Topliss-reactive ketones (excluding diaryl/α,β-unsaturated/α-hetero) is 1. The lowest BCUT2D eigenvalue weighted by Gasteiger charge is -2.44. The van der Waals surface area contributed by atoms with Crippen LogP contribution in [0.4, 0.5) is 5.69 Å². The number of ether oxygens (including phenoxy) is 1. The van der Waals surface area contributed by atoms with Crippen LogP contribution in [0.25, 0.3) is 0 Å². The molecule has 6 heteroatoms. The molecule has 0 radical (unpaired) electrons. The summed E-state index contributed by atoms with van der Waals surface area (Å²) in [6.45, 7) is 10.7. The lowest BCUT2D eigenvalue weighted by atomic mass is 9.68. The molecule has 2 aliphatic rings. The highest BCUT2D eigenvalue weighted by Crippen LogP contribution is 2.51. The van der Waals surface area contributed by atoms with Crippen LogP contribution in [-0.4, -0.2) is 5.78 Å². The summed E-state index contributed by atoms with van der Waals surface area (Å²) in [6, 6.07) is 21.9. The molecule has 0 fully saturated rings. The number of halogens is 1. The molecule has 1 heterocycles. The zero-order chi connectivity index (χ0) is 28.8. The van der Waals surface area contributed by atoms with Crippen LogP contribution < -0.4 is 15.4 Å². The van der Waals surface area contributed by atoms with Gasteiger partial charge in [-0.3, -0.25) is 9.69 Å². The van der Waals surface area contributed by atoms with Gasteiger partial charge in [0.05, 0.1) is 17.6 Å². The standard InChI is InChI=1S/C34H34ClN3O2/c1-20-6-12-26(13-7-20)40-19-23-14-21(2)15-27(22(23)3)31-28(18-36)33(37)38(25-10-8-24(35)9-11-25)29-16-34(4,5)17-30(39)32(29)31/h6-15,31H,16-17,19,37H2,1-5H3. The van der Waals surface area contributed by atoms with E-state index in [1.807, 2.05) is 62.1 Å². The average Bonchev–Trinajstić information content (AvgIpc) is 2.89. The lowest BCUT2D eigenvalue weighted by Crippen LogP contribution is -2.42. The second-order valence-corrected chi connectivity index (χ2v) is 12.1. The summed E-state index contributed by atoms with van der Waals surface area (Å²) in [6.07, 6.45) is 1.06. The van der Waals surface area contributed by atoms with Crippen molar-refractivity contribution in [3.05, 3.63) is 116 Å². The number of hydrogen-bond donors (Lipinski definition) is 1. The predicted octanol–water partition coefficient (Wildman–Crippen LogP) is 7.79. The van der Waals surface area contributed by atoms with E-state index in [4.69, 9.17) is 22.1 Å². The van der Waals surface area contributed by atoms with E-state index in [9.17, 15) is 10.1 Å². The summed E-state index contributed by atoms with van der Waals surface area (Å²) in [7, 11) is 0. The van der Waals surface area contributed by atoms with E-state index < -0.39 is 5.92 Å². The number of benzene rings is 3. The molecule has 1 atom stereocenters. The molecule has 0 bridgehead atoms. The van der Waals surface area contributed by atoms with Crippen molar-refractivity contribution in [3.63, 3.8) is 0 Å². The largest absolute Gasteiger partial charge is 0.489 e. The molecule has 0 saturated heterocycles. The fraction of sp³-hybridized carbons (Fsp3) is 0.294. The van der Waals surface area contributed by atoms with Crippen LogP contribution >= 0.6 is 11.6 Å². The minimum absolute atomic E-state index is 0.0498. The van der Waals surface area contributed by atoms with Crippen LogP contribution in [0.1, 0.15) is 60.4 Å². The van der Waals surface area contributed by atoms with Crippen molar-refractivity contribution in [2.75, 3.05) is 4.90 Å². The maximum absolute atomic E-state index is 13.9. The SMILES string of the molecule is Cc1ccc(OCc2cc(C)cc(C3C(C#N)=C(N)N(c4ccc(Cl)cc4)C4=C3C(=O)CC(C)(C)C4)c2C)cc1. The molecule has 1 unspecified atom stereocenters. The van der Waals surface area contributed by atoms with Crippen molar-refractivity contribution >= 4 is 23.1 Å². The van der Waals surface area contributed by atoms with Gasteiger partial charge < -0.3 is 10.5 Å². The van der Waals surface area contributed by atoms with E-state index in [2.05, 4.69) is 32.0 Å². The number of anilines is 1. The highest BCUT2D eigenvalue weighted by Gasteiger charge is 2.45. The van der Waals surface area contributed by atoms with Crippen LogP contribution in [0.2, 0.25) is 5.02 Å². The van der Waals surface area contributed by atoms with Gasteiger partial charge >= 0.3 is 0 Å². The van der Waals surface area contributed by atoms with Gasteiger partial charge in [0, 0.05) is 28.4 Å². The Hall–Kier alpha value is -4.01. The number of carbonyl (C=O) groups is 1. The Bertz CT molecular complexity index is 1590. The fourth-order valence-corrected chi connectivity index (χ4v) is 6.04. The fourth-order valence-electron chi connectivity index (χ4n) is 5.91. The van der Waals surface area contributed by atoms with E-state index in [1.165, 1.54) is 5.56 Å². The molecule has 3 aromatic rings. The Morgan fingerprint density at radius 3 is 2.35 bits per heavy atom.